The van der Waals surface area contributed by atoms with Gasteiger partial charge < -0.3 is 25.2 Å². The molecule has 0 spiro atoms. The molecule has 2 aliphatic heterocycles. The van der Waals surface area contributed by atoms with Crippen LogP contribution in [0, 0.1) is 0 Å². The first kappa shape index (κ1) is 16.0. The van der Waals surface area contributed by atoms with Crippen molar-refractivity contribution in [2.75, 3.05) is 64.4 Å². The molecule has 2 aliphatic rings. The van der Waals surface area contributed by atoms with Crippen molar-refractivity contribution in [1.29, 1.82) is 0 Å². The summed E-state index contributed by atoms with van der Waals surface area (Å²) in [5, 5.41) is 0. The quantitative estimate of drug-likeness (QED) is 0.624. The second-order valence-electron chi connectivity index (χ2n) is 6.09. The maximum absolute atomic E-state index is 6.04. The zero-order valence-corrected chi connectivity index (χ0v) is 13.8. The molecule has 0 amide bonds. The van der Waals surface area contributed by atoms with Crippen LogP contribution in [0.2, 0.25) is 0 Å². The summed E-state index contributed by atoms with van der Waals surface area (Å²) in [6.45, 7) is 7.88. The van der Waals surface area contributed by atoms with Gasteiger partial charge in [0.15, 0.2) is 5.96 Å². The van der Waals surface area contributed by atoms with Crippen molar-refractivity contribution in [1.82, 2.24) is 14.8 Å². The van der Waals surface area contributed by atoms with Crippen molar-refractivity contribution in [3.63, 3.8) is 0 Å². The van der Waals surface area contributed by atoms with Gasteiger partial charge in [0.05, 0.1) is 19.8 Å². The Morgan fingerprint density at radius 2 is 1.91 bits per heavy atom. The fourth-order valence-corrected chi connectivity index (χ4v) is 2.80. The van der Waals surface area contributed by atoms with E-state index in [0.717, 1.165) is 63.9 Å². The number of nitrogens with zero attached hydrogens (tertiary/aromatic N) is 5. The first-order chi connectivity index (χ1) is 11.2. The van der Waals surface area contributed by atoms with Crippen molar-refractivity contribution in [3.8, 4) is 0 Å². The number of piperazine rings is 1. The van der Waals surface area contributed by atoms with Crippen LogP contribution >= 0.6 is 0 Å². The number of ether oxygens (including phenoxy) is 1. The first-order valence-electron chi connectivity index (χ1n) is 8.23. The molecule has 2 fully saturated rings. The molecule has 7 heteroatoms. The van der Waals surface area contributed by atoms with E-state index in [1.54, 1.807) is 0 Å². The lowest BCUT2D eigenvalue weighted by Gasteiger charge is -2.33. The van der Waals surface area contributed by atoms with Crippen molar-refractivity contribution < 1.29 is 4.74 Å². The molecular weight excluding hydrogens is 292 g/mol. The van der Waals surface area contributed by atoms with Crippen LogP contribution in [0.5, 0.6) is 0 Å². The minimum absolute atomic E-state index is 0.569. The molecular formula is C16H26N6O. The summed E-state index contributed by atoms with van der Waals surface area (Å²) in [6.07, 6.45) is 1.91. The molecule has 0 unspecified atom stereocenters. The number of hydrogen-bond acceptors (Lipinski definition) is 5. The molecule has 3 rings (SSSR count). The maximum Gasteiger partial charge on any atom is 0.191 e. The lowest BCUT2D eigenvalue weighted by molar-refractivity contribution is 0.0674. The smallest absolute Gasteiger partial charge is 0.191 e. The number of pyridine rings is 1. The van der Waals surface area contributed by atoms with E-state index in [1.807, 2.05) is 6.20 Å². The van der Waals surface area contributed by atoms with Gasteiger partial charge in [-0.1, -0.05) is 6.07 Å². The molecule has 1 aromatic rings. The van der Waals surface area contributed by atoms with Crippen LogP contribution in [-0.4, -0.2) is 80.3 Å². The molecule has 0 saturated carbocycles. The summed E-state index contributed by atoms with van der Waals surface area (Å²) in [4.78, 5) is 15.8. The molecule has 126 valence electrons. The number of hydrogen-bond donors (Lipinski definition) is 1. The van der Waals surface area contributed by atoms with Gasteiger partial charge in [-0.25, -0.2) is 9.98 Å². The number of anilines is 1. The van der Waals surface area contributed by atoms with Gasteiger partial charge >= 0.3 is 0 Å². The van der Waals surface area contributed by atoms with Gasteiger partial charge in [0.1, 0.15) is 5.82 Å². The fourth-order valence-electron chi connectivity index (χ4n) is 2.80. The second-order valence-corrected chi connectivity index (χ2v) is 6.09. The highest BCUT2D eigenvalue weighted by Crippen LogP contribution is 2.14. The lowest BCUT2D eigenvalue weighted by atomic mass is 10.2. The molecule has 0 aliphatic carbocycles. The van der Waals surface area contributed by atoms with Crippen molar-refractivity contribution >= 4 is 11.8 Å². The Kier molecular flexibility index (Phi) is 5.30. The van der Waals surface area contributed by atoms with Crippen LogP contribution in [0.15, 0.2) is 23.3 Å². The number of morpholine rings is 1. The van der Waals surface area contributed by atoms with Gasteiger partial charge in [0.2, 0.25) is 0 Å². The van der Waals surface area contributed by atoms with Crippen LogP contribution in [0.25, 0.3) is 0 Å². The van der Waals surface area contributed by atoms with Crippen molar-refractivity contribution in [2.24, 2.45) is 10.7 Å². The van der Waals surface area contributed by atoms with Crippen LogP contribution < -0.4 is 10.6 Å². The summed E-state index contributed by atoms with van der Waals surface area (Å²) in [5.74, 6) is 1.64. The van der Waals surface area contributed by atoms with E-state index in [9.17, 15) is 0 Å². The predicted octanol–water partition coefficient (Wildman–Crippen LogP) is -0.0197. The Hall–Kier alpha value is -1.86. The average molecular weight is 318 g/mol. The minimum Gasteiger partial charge on any atom is -0.378 e. The summed E-state index contributed by atoms with van der Waals surface area (Å²) < 4.78 is 5.32. The highest BCUT2D eigenvalue weighted by molar-refractivity contribution is 5.78. The number of guanidine groups is 1. The molecule has 7 nitrogen and oxygen atoms in total. The topological polar surface area (TPSA) is 70.2 Å². The van der Waals surface area contributed by atoms with E-state index in [1.165, 1.54) is 0 Å². The predicted molar refractivity (Wildman–Crippen MR) is 91.7 cm³/mol. The molecule has 2 saturated heterocycles. The summed E-state index contributed by atoms with van der Waals surface area (Å²) in [7, 11) is 2.16. The summed E-state index contributed by atoms with van der Waals surface area (Å²) in [6, 6.07) is 4.18. The van der Waals surface area contributed by atoms with E-state index < -0.39 is 0 Å². The Balaban J connectivity index is 1.54. The molecule has 0 bridgehead atoms. The van der Waals surface area contributed by atoms with Gasteiger partial charge in [-0.15, -0.1) is 0 Å². The molecule has 2 N–H and O–H groups in total. The fraction of sp³-hybridized carbons (Fsp3) is 0.625. The van der Waals surface area contributed by atoms with E-state index in [2.05, 4.69) is 43.9 Å². The lowest BCUT2D eigenvalue weighted by Crippen LogP contribution is -2.44. The minimum atomic E-state index is 0.569. The van der Waals surface area contributed by atoms with E-state index >= 15 is 0 Å². The van der Waals surface area contributed by atoms with E-state index in [4.69, 9.17) is 10.5 Å². The summed E-state index contributed by atoms with van der Waals surface area (Å²) in [5.41, 5.74) is 7.13. The highest BCUT2D eigenvalue weighted by Gasteiger charge is 2.15. The number of nitrogens with two attached hydrogens (primary N) is 1. The number of likely N-dealkylation sites (N-methyl/N-ethyl adjacent to an activating group) is 1. The summed E-state index contributed by atoms with van der Waals surface area (Å²) >= 11 is 0. The normalized spacial score (nSPS) is 20.8. The molecule has 3 heterocycles. The zero-order valence-electron chi connectivity index (χ0n) is 13.8. The Morgan fingerprint density at radius 1 is 1.17 bits per heavy atom. The number of rotatable bonds is 3. The largest absolute Gasteiger partial charge is 0.378 e. The second kappa shape index (κ2) is 7.61. The molecule has 0 aromatic carbocycles. The first-order valence-corrected chi connectivity index (χ1v) is 8.23. The third kappa shape index (κ3) is 4.33. The molecule has 0 radical (unpaired) electrons. The third-order valence-corrected chi connectivity index (χ3v) is 4.40. The van der Waals surface area contributed by atoms with Gasteiger partial charge in [-0.2, -0.15) is 0 Å². The Labute approximate surface area is 137 Å². The maximum atomic E-state index is 6.04. The number of aromatic nitrogens is 1. The van der Waals surface area contributed by atoms with Gasteiger partial charge in [0.25, 0.3) is 0 Å². The SMILES string of the molecule is CN1CCN(c2ccc(CN=C(N)N3CCOCC3)cn2)CC1. The van der Waals surface area contributed by atoms with Gasteiger partial charge in [0, 0.05) is 45.5 Å². The van der Waals surface area contributed by atoms with Crippen LogP contribution in [0.4, 0.5) is 5.82 Å². The standard InChI is InChI=1S/C16H26N6O/c1-20-4-6-21(7-5-20)15-3-2-14(12-18-15)13-19-16(17)22-8-10-23-11-9-22/h2-3,12H,4-11,13H2,1H3,(H2,17,19). The average Bonchev–Trinajstić information content (AvgIpc) is 2.61. The zero-order chi connectivity index (χ0) is 16.1. The molecule has 23 heavy (non-hydrogen) atoms. The van der Waals surface area contributed by atoms with E-state index in [-0.39, 0.29) is 0 Å². The third-order valence-electron chi connectivity index (χ3n) is 4.40. The highest BCUT2D eigenvalue weighted by atomic mass is 16.5. The van der Waals surface area contributed by atoms with Gasteiger partial charge in [-0.3, -0.25) is 0 Å². The monoisotopic (exact) mass is 318 g/mol. The molecule has 0 atom stereocenters. The van der Waals surface area contributed by atoms with E-state index in [0.29, 0.717) is 12.5 Å². The Bertz CT molecular complexity index is 518. The van der Waals surface area contributed by atoms with Crippen molar-refractivity contribution in [3.05, 3.63) is 23.9 Å². The van der Waals surface area contributed by atoms with Crippen LogP contribution in [-0.2, 0) is 11.3 Å². The number of aliphatic imine (C=N–C) groups is 1. The van der Waals surface area contributed by atoms with Crippen LogP contribution in [0.3, 0.4) is 0 Å². The Morgan fingerprint density at radius 3 is 2.57 bits per heavy atom. The van der Waals surface area contributed by atoms with Gasteiger partial charge in [-0.05, 0) is 18.7 Å². The molecule has 1 aromatic heterocycles. The van der Waals surface area contributed by atoms with Crippen LogP contribution in [0.1, 0.15) is 5.56 Å². The van der Waals surface area contributed by atoms with Crippen molar-refractivity contribution in [2.45, 2.75) is 6.54 Å².